The van der Waals surface area contributed by atoms with Crippen LogP contribution >= 0.6 is 0 Å². The molecule has 13 heteroatoms. The summed E-state index contributed by atoms with van der Waals surface area (Å²) >= 11 is 0. The lowest BCUT2D eigenvalue weighted by Gasteiger charge is -2.14. The molecule has 0 amide bonds. The van der Waals surface area contributed by atoms with Gasteiger partial charge in [-0.1, -0.05) is 0 Å². The van der Waals surface area contributed by atoms with Gasteiger partial charge in [0.15, 0.2) is 0 Å². The molecule has 0 aliphatic heterocycles. The first-order chi connectivity index (χ1) is 12.5. The van der Waals surface area contributed by atoms with Crippen molar-refractivity contribution >= 4 is 20.9 Å². The van der Waals surface area contributed by atoms with Gasteiger partial charge in [0.05, 0.1) is 28.4 Å². The van der Waals surface area contributed by atoms with E-state index in [-0.39, 0.29) is 15.8 Å². The Hall–Kier alpha value is -3.22. The van der Waals surface area contributed by atoms with Crippen LogP contribution in [0.25, 0.3) is 22.2 Å². The van der Waals surface area contributed by atoms with E-state index in [1.54, 1.807) is 4.83 Å². The van der Waals surface area contributed by atoms with E-state index in [0.717, 1.165) is 6.07 Å². The van der Waals surface area contributed by atoms with Crippen molar-refractivity contribution in [1.82, 2.24) is 19.9 Å². The summed E-state index contributed by atoms with van der Waals surface area (Å²) in [5.74, 6) is 0. The minimum atomic E-state index is -4.81. The van der Waals surface area contributed by atoms with Gasteiger partial charge in [0.25, 0.3) is 5.56 Å². The highest BCUT2D eigenvalue weighted by atomic mass is 32.2. The third-order valence-electron chi connectivity index (χ3n) is 3.45. The summed E-state index contributed by atoms with van der Waals surface area (Å²) in [7, 11) is -3.99. The molecule has 2 N–H and O–H groups in total. The van der Waals surface area contributed by atoms with E-state index in [9.17, 15) is 31.2 Å². The fraction of sp³-hybridized carbons (Fsp3) is 0.143. The fourth-order valence-corrected chi connectivity index (χ4v) is 2.90. The second-order valence-electron chi connectivity index (χ2n) is 5.48. The number of fused-ring (bicyclic) bond motifs is 1. The summed E-state index contributed by atoms with van der Waals surface area (Å²) in [5.41, 5.74) is -4.52. The molecule has 2 aromatic heterocycles. The number of nitrogens with one attached hydrogen (secondary N) is 2. The van der Waals surface area contributed by atoms with Crippen LogP contribution in [-0.4, -0.2) is 34.5 Å². The van der Waals surface area contributed by atoms with Crippen LogP contribution in [0.2, 0.25) is 0 Å². The summed E-state index contributed by atoms with van der Waals surface area (Å²) < 4.78 is 63.2. The van der Waals surface area contributed by atoms with Crippen LogP contribution in [0.3, 0.4) is 0 Å². The number of hydrogen-bond acceptors (Lipinski definition) is 6. The van der Waals surface area contributed by atoms with Gasteiger partial charge in [-0.3, -0.25) is 4.79 Å². The van der Waals surface area contributed by atoms with E-state index < -0.39 is 44.1 Å². The third-order valence-corrected chi connectivity index (χ3v) is 3.96. The summed E-state index contributed by atoms with van der Waals surface area (Å²) in [4.78, 5) is 28.1. The van der Waals surface area contributed by atoms with E-state index in [1.165, 1.54) is 18.3 Å². The van der Waals surface area contributed by atoms with E-state index in [0.29, 0.717) is 12.3 Å². The Morgan fingerprint density at radius 3 is 2.48 bits per heavy atom. The van der Waals surface area contributed by atoms with E-state index in [1.807, 2.05) is 0 Å². The van der Waals surface area contributed by atoms with Gasteiger partial charge in [-0.05, 0) is 24.3 Å². The van der Waals surface area contributed by atoms with Gasteiger partial charge in [-0.25, -0.2) is 18.0 Å². The Morgan fingerprint density at radius 2 is 1.93 bits per heavy atom. The number of aromatic amines is 1. The molecule has 2 heterocycles. The first kappa shape index (κ1) is 18.6. The summed E-state index contributed by atoms with van der Waals surface area (Å²) in [5, 5.41) is 6.79. The molecule has 3 aromatic rings. The van der Waals surface area contributed by atoms with Gasteiger partial charge in [-0.15, -0.1) is 0 Å². The number of halogens is 3. The highest BCUT2D eigenvalue weighted by Crippen LogP contribution is 2.37. The molecule has 0 spiro atoms. The number of H-pyrrole nitrogens is 1. The van der Waals surface area contributed by atoms with Gasteiger partial charge in [0, 0.05) is 11.8 Å². The summed E-state index contributed by atoms with van der Waals surface area (Å²) in [6, 6.07) is 4.10. The quantitative estimate of drug-likeness (QED) is 0.664. The van der Waals surface area contributed by atoms with E-state index >= 15 is 0 Å². The average Bonchev–Trinajstić information content (AvgIpc) is 2.57. The highest BCUT2D eigenvalue weighted by molar-refractivity contribution is 7.91. The molecule has 0 unspecified atom stereocenters. The molecule has 0 atom stereocenters. The molecule has 27 heavy (non-hydrogen) atoms. The second kappa shape index (κ2) is 6.19. The molecular weight excluding hydrogens is 391 g/mol. The number of benzene rings is 1. The van der Waals surface area contributed by atoms with Gasteiger partial charge in [0.2, 0.25) is 10.0 Å². The SMILES string of the molecule is CS(=O)(=O)Nn1c(=O)[nH]c2cc(C(F)(F)F)c(-c3cccnn3)cc2c1=O. The Labute approximate surface area is 148 Å². The smallest absolute Gasteiger partial charge is 0.305 e. The molecule has 0 saturated heterocycles. The monoisotopic (exact) mass is 401 g/mol. The summed E-state index contributed by atoms with van der Waals surface area (Å²) in [6.07, 6.45) is -2.84. The van der Waals surface area contributed by atoms with E-state index in [4.69, 9.17) is 0 Å². The molecule has 142 valence electrons. The van der Waals surface area contributed by atoms with Crippen molar-refractivity contribution in [2.45, 2.75) is 6.18 Å². The standard InChI is InChI=1S/C14H10F3N5O4S/c1-27(25,26)21-22-12(23)8-5-7(10-3-2-4-18-20-10)9(14(15,16)17)6-11(8)19-13(22)24/h2-6,21H,1H3,(H,19,24). The summed E-state index contributed by atoms with van der Waals surface area (Å²) in [6.45, 7) is 0. The van der Waals surface area contributed by atoms with Crippen molar-refractivity contribution in [3.63, 3.8) is 0 Å². The number of alkyl halides is 3. The van der Waals surface area contributed by atoms with Crippen LogP contribution < -0.4 is 16.1 Å². The van der Waals surface area contributed by atoms with Crippen molar-refractivity contribution in [2.75, 3.05) is 11.1 Å². The van der Waals surface area contributed by atoms with Crippen LogP contribution in [0.15, 0.2) is 40.1 Å². The molecule has 3 rings (SSSR count). The van der Waals surface area contributed by atoms with E-state index in [2.05, 4.69) is 15.2 Å². The molecule has 0 saturated carbocycles. The maximum atomic E-state index is 13.4. The number of aromatic nitrogens is 4. The fourth-order valence-electron chi connectivity index (χ4n) is 2.40. The molecule has 0 radical (unpaired) electrons. The Balaban J connectivity index is 2.41. The number of hydrogen-bond donors (Lipinski definition) is 2. The highest BCUT2D eigenvalue weighted by Gasteiger charge is 2.35. The Kier molecular flexibility index (Phi) is 4.26. The Morgan fingerprint density at radius 1 is 1.22 bits per heavy atom. The molecule has 9 nitrogen and oxygen atoms in total. The minimum absolute atomic E-state index is 0.153. The van der Waals surface area contributed by atoms with Gasteiger partial charge < -0.3 is 4.98 Å². The topological polar surface area (TPSA) is 127 Å². The largest absolute Gasteiger partial charge is 0.417 e. The van der Waals surface area contributed by atoms with Crippen LogP contribution in [0.5, 0.6) is 0 Å². The molecule has 0 aliphatic rings. The molecule has 0 aliphatic carbocycles. The predicted octanol–water partition coefficient (Wildman–Crippen LogP) is 0.669. The van der Waals surface area contributed by atoms with Crippen LogP contribution in [0.1, 0.15) is 5.56 Å². The lowest BCUT2D eigenvalue weighted by Crippen LogP contribution is -2.43. The molecule has 0 bridgehead atoms. The molecule has 1 aromatic carbocycles. The number of rotatable bonds is 3. The van der Waals surface area contributed by atoms with Gasteiger partial charge >= 0.3 is 11.9 Å². The predicted molar refractivity (Wildman–Crippen MR) is 89.1 cm³/mol. The van der Waals surface area contributed by atoms with Crippen LogP contribution in [0.4, 0.5) is 13.2 Å². The van der Waals surface area contributed by atoms with Crippen LogP contribution in [-0.2, 0) is 16.2 Å². The average molecular weight is 401 g/mol. The van der Waals surface area contributed by atoms with Crippen molar-refractivity contribution in [3.8, 4) is 11.3 Å². The van der Waals surface area contributed by atoms with Crippen molar-refractivity contribution in [3.05, 3.63) is 56.9 Å². The van der Waals surface area contributed by atoms with Crippen molar-refractivity contribution in [1.29, 1.82) is 0 Å². The lowest BCUT2D eigenvalue weighted by atomic mass is 10.0. The van der Waals surface area contributed by atoms with Crippen molar-refractivity contribution < 1.29 is 21.6 Å². The molecular formula is C14H10F3N5O4S. The maximum Gasteiger partial charge on any atom is 0.417 e. The first-order valence-corrected chi connectivity index (χ1v) is 9.02. The third kappa shape index (κ3) is 3.67. The zero-order valence-corrected chi connectivity index (χ0v) is 14.2. The van der Waals surface area contributed by atoms with Crippen molar-refractivity contribution in [2.24, 2.45) is 0 Å². The molecule has 0 fully saturated rings. The normalized spacial score (nSPS) is 12.3. The lowest BCUT2D eigenvalue weighted by molar-refractivity contribution is -0.137. The van der Waals surface area contributed by atoms with Gasteiger partial charge in [0.1, 0.15) is 0 Å². The number of nitrogens with zero attached hydrogens (tertiary/aromatic N) is 3. The zero-order valence-electron chi connectivity index (χ0n) is 13.4. The van der Waals surface area contributed by atoms with Crippen LogP contribution in [0, 0.1) is 0 Å². The minimum Gasteiger partial charge on any atom is -0.305 e. The maximum absolute atomic E-state index is 13.4. The number of sulfonamides is 1. The Bertz CT molecular complexity index is 1250. The van der Waals surface area contributed by atoms with Gasteiger partial charge in [-0.2, -0.15) is 28.0 Å². The second-order valence-corrected chi connectivity index (χ2v) is 7.21. The first-order valence-electron chi connectivity index (χ1n) is 7.13. The zero-order chi connectivity index (χ0) is 20.0.